The van der Waals surface area contributed by atoms with Crippen LogP contribution in [0.3, 0.4) is 0 Å². The molecule has 2 aromatic carbocycles. The quantitative estimate of drug-likeness (QED) is 0.366. The maximum Gasteiger partial charge on any atom is 0.328 e. The summed E-state index contributed by atoms with van der Waals surface area (Å²) in [4.78, 5) is 60.0. The highest BCUT2D eigenvalue weighted by Crippen LogP contribution is 2.30. The summed E-state index contributed by atoms with van der Waals surface area (Å²) in [5, 5.41) is 17.3. The normalized spacial score (nSPS) is 15.4. The highest BCUT2D eigenvalue weighted by molar-refractivity contribution is 9.10. The van der Waals surface area contributed by atoms with Crippen molar-refractivity contribution >= 4 is 45.4 Å². The van der Waals surface area contributed by atoms with Gasteiger partial charge in [-0.1, -0.05) is 36.4 Å². The molecule has 1 saturated heterocycles. The first kappa shape index (κ1) is 19.2. The Kier molecular flexibility index (Phi) is 4.92. The van der Waals surface area contributed by atoms with Crippen molar-refractivity contribution < 1.29 is 24.1 Å². The van der Waals surface area contributed by atoms with Gasteiger partial charge in [0.25, 0.3) is 23.4 Å². The molecule has 1 aliphatic heterocycles. The predicted octanol–water partition coefficient (Wildman–Crippen LogP) is 1.35. The number of urea groups is 1. The Hall–Kier alpha value is -3.60. The number of barbiturate groups is 1. The molecule has 28 heavy (non-hydrogen) atoms. The number of benzene rings is 2. The lowest BCUT2D eigenvalue weighted by atomic mass is 9.86. The number of halogens is 1. The highest BCUT2D eigenvalue weighted by atomic mass is 79.9. The topological polar surface area (TPSA) is 148 Å². The summed E-state index contributed by atoms with van der Waals surface area (Å²) in [6.07, 6.45) is 0. The van der Waals surface area contributed by atoms with Crippen LogP contribution in [0.2, 0.25) is 0 Å². The van der Waals surface area contributed by atoms with E-state index in [0.717, 1.165) is 0 Å². The number of hydrogen-bond acceptors (Lipinski definition) is 6. The summed E-state index contributed by atoms with van der Waals surface area (Å²) in [5.41, 5.74) is -2.67. The summed E-state index contributed by atoms with van der Waals surface area (Å²) in [6.45, 7) is 0. The van der Waals surface area contributed by atoms with Gasteiger partial charge in [0, 0.05) is 6.07 Å². The fourth-order valence-electron chi connectivity index (χ4n) is 2.74. The van der Waals surface area contributed by atoms with Crippen molar-refractivity contribution in [1.29, 1.82) is 0 Å². The van der Waals surface area contributed by atoms with Crippen LogP contribution >= 0.6 is 15.9 Å². The second kappa shape index (κ2) is 7.19. The molecule has 0 unspecified atom stereocenters. The predicted molar refractivity (Wildman–Crippen MR) is 98.1 cm³/mol. The fourth-order valence-corrected chi connectivity index (χ4v) is 3.33. The first-order valence-corrected chi connectivity index (χ1v) is 8.54. The summed E-state index contributed by atoms with van der Waals surface area (Å²) < 4.78 is -0.117. The van der Waals surface area contributed by atoms with Gasteiger partial charge in [-0.3, -0.25) is 35.1 Å². The van der Waals surface area contributed by atoms with Gasteiger partial charge in [-0.05, 0) is 27.6 Å². The third-order valence-corrected chi connectivity index (χ3v) is 4.90. The Morgan fingerprint density at radius 3 is 2.18 bits per heavy atom. The molecule has 0 aromatic heterocycles. The standard InChI is InChI=1S/C17H11BrN4O6/c18-12-10(7-4-8-11(12)22(27)28)13(23)21-17(9-5-2-1-3-6-9)14(24)19-16(26)20-15(17)25/h1-8H,(H,21,23)(H2,19,20,24,25,26). The minimum atomic E-state index is -2.24. The van der Waals surface area contributed by atoms with Crippen molar-refractivity contribution in [3.8, 4) is 0 Å². The summed E-state index contributed by atoms with van der Waals surface area (Å²) >= 11 is 3.00. The van der Waals surface area contributed by atoms with Crippen molar-refractivity contribution in [2.45, 2.75) is 5.54 Å². The van der Waals surface area contributed by atoms with Crippen LogP contribution in [0.25, 0.3) is 0 Å². The van der Waals surface area contributed by atoms with Crippen molar-refractivity contribution in [3.05, 3.63) is 74.2 Å². The number of hydrogen-bond donors (Lipinski definition) is 3. The van der Waals surface area contributed by atoms with Crippen LogP contribution in [0.5, 0.6) is 0 Å². The largest absolute Gasteiger partial charge is 0.328 e. The third-order valence-electron chi connectivity index (χ3n) is 4.06. The lowest BCUT2D eigenvalue weighted by Crippen LogP contribution is -2.71. The number of nitrogens with zero attached hydrogens (tertiary/aromatic N) is 1. The lowest BCUT2D eigenvalue weighted by Gasteiger charge is -2.34. The zero-order valence-corrected chi connectivity index (χ0v) is 15.5. The second-order valence-electron chi connectivity index (χ2n) is 5.70. The number of carbonyl (C=O) groups is 4. The molecule has 0 spiro atoms. The van der Waals surface area contributed by atoms with Gasteiger partial charge in [0.1, 0.15) is 4.47 Å². The molecule has 0 radical (unpaired) electrons. The van der Waals surface area contributed by atoms with E-state index in [4.69, 9.17) is 0 Å². The zero-order valence-electron chi connectivity index (χ0n) is 13.9. The van der Waals surface area contributed by atoms with Crippen LogP contribution in [0.1, 0.15) is 15.9 Å². The number of nitro benzene ring substituents is 1. The molecular formula is C17H11BrN4O6. The molecule has 142 valence electrons. The van der Waals surface area contributed by atoms with E-state index in [1.807, 2.05) is 10.6 Å². The van der Waals surface area contributed by atoms with Crippen LogP contribution in [0.15, 0.2) is 53.0 Å². The average molecular weight is 447 g/mol. The zero-order chi connectivity index (χ0) is 20.5. The van der Waals surface area contributed by atoms with Gasteiger partial charge in [0.2, 0.25) is 5.54 Å². The number of nitro groups is 1. The smallest absolute Gasteiger partial charge is 0.326 e. The van der Waals surface area contributed by atoms with E-state index in [0.29, 0.717) is 0 Å². The fraction of sp³-hybridized carbons (Fsp3) is 0.0588. The molecule has 10 nitrogen and oxygen atoms in total. The van der Waals surface area contributed by atoms with E-state index in [2.05, 4.69) is 21.2 Å². The van der Waals surface area contributed by atoms with Gasteiger partial charge < -0.3 is 5.32 Å². The molecular weight excluding hydrogens is 436 g/mol. The van der Waals surface area contributed by atoms with Gasteiger partial charge in [-0.15, -0.1) is 0 Å². The van der Waals surface area contributed by atoms with Crippen molar-refractivity contribution in [2.75, 3.05) is 0 Å². The van der Waals surface area contributed by atoms with E-state index < -0.39 is 34.2 Å². The molecule has 0 bridgehead atoms. The molecule has 1 aliphatic rings. The molecule has 0 aliphatic carbocycles. The number of amides is 5. The SMILES string of the molecule is O=C1NC(=O)C(NC(=O)c2cccc([N+](=O)[O-])c2Br)(c2ccccc2)C(=O)N1. The first-order valence-electron chi connectivity index (χ1n) is 7.75. The van der Waals surface area contributed by atoms with Crippen LogP contribution < -0.4 is 16.0 Å². The minimum Gasteiger partial charge on any atom is -0.326 e. The van der Waals surface area contributed by atoms with Crippen LogP contribution in [0.4, 0.5) is 10.5 Å². The Bertz CT molecular complexity index is 1000. The molecule has 0 saturated carbocycles. The lowest BCUT2D eigenvalue weighted by molar-refractivity contribution is -0.385. The van der Waals surface area contributed by atoms with Gasteiger partial charge in [-0.2, -0.15) is 0 Å². The number of rotatable bonds is 4. The van der Waals surface area contributed by atoms with E-state index in [1.165, 1.54) is 30.3 Å². The second-order valence-corrected chi connectivity index (χ2v) is 6.50. The van der Waals surface area contributed by atoms with Crippen molar-refractivity contribution in [2.24, 2.45) is 0 Å². The molecule has 2 aromatic rings. The first-order chi connectivity index (χ1) is 13.3. The Labute approximate surface area is 165 Å². The molecule has 1 heterocycles. The summed E-state index contributed by atoms with van der Waals surface area (Å²) in [7, 11) is 0. The Morgan fingerprint density at radius 2 is 1.61 bits per heavy atom. The number of nitrogens with one attached hydrogen (secondary N) is 3. The van der Waals surface area contributed by atoms with Crippen molar-refractivity contribution in [1.82, 2.24) is 16.0 Å². The van der Waals surface area contributed by atoms with E-state index >= 15 is 0 Å². The van der Waals surface area contributed by atoms with Crippen molar-refractivity contribution in [3.63, 3.8) is 0 Å². The summed E-state index contributed by atoms with van der Waals surface area (Å²) in [5.74, 6) is -3.04. The van der Waals surface area contributed by atoms with E-state index in [-0.39, 0.29) is 21.3 Å². The third kappa shape index (κ3) is 3.11. The Balaban J connectivity index is 2.09. The van der Waals surface area contributed by atoms with Crippen LogP contribution in [-0.2, 0) is 15.1 Å². The Morgan fingerprint density at radius 1 is 1.00 bits per heavy atom. The maximum absolute atomic E-state index is 12.9. The number of carbonyl (C=O) groups excluding carboxylic acids is 4. The van der Waals surface area contributed by atoms with Gasteiger partial charge in [-0.25, -0.2) is 4.79 Å². The van der Waals surface area contributed by atoms with Gasteiger partial charge >= 0.3 is 6.03 Å². The van der Waals surface area contributed by atoms with Gasteiger partial charge in [0.15, 0.2) is 0 Å². The molecule has 3 rings (SSSR count). The van der Waals surface area contributed by atoms with Crippen LogP contribution in [0, 0.1) is 10.1 Å². The minimum absolute atomic E-state index is 0.104. The monoisotopic (exact) mass is 446 g/mol. The summed E-state index contributed by atoms with van der Waals surface area (Å²) in [6, 6.07) is 10.3. The molecule has 1 fully saturated rings. The van der Waals surface area contributed by atoms with Crippen LogP contribution in [-0.4, -0.2) is 28.7 Å². The molecule has 0 atom stereocenters. The maximum atomic E-state index is 12.9. The molecule has 3 N–H and O–H groups in total. The number of imide groups is 2. The van der Waals surface area contributed by atoms with E-state index in [9.17, 15) is 29.3 Å². The highest BCUT2D eigenvalue weighted by Gasteiger charge is 2.53. The van der Waals surface area contributed by atoms with E-state index in [1.54, 1.807) is 18.2 Å². The van der Waals surface area contributed by atoms with Gasteiger partial charge in [0.05, 0.1) is 10.5 Å². The molecule has 5 amide bonds. The molecule has 11 heteroatoms. The average Bonchev–Trinajstić information content (AvgIpc) is 2.65.